The molecule has 0 radical (unpaired) electrons. The maximum atomic E-state index is 12.8. The van der Waals surface area contributed by atoms with E-state index < -0.39 is 5.60 Å². The van der Waals surface area contributed by atoms with Gasteiger partial charge in [-0.2, -0.15) is 0 Å². The fourth-order valence-corrected chi connectivity index (χ4v) is 2.80. The molecule has 1 aromatic carbocycles. The Morgan fingerprint density at radius 3 is 2.27 bits per heavy atom. The Morgan fingerprint density at radius 2 is 1.73 bits per heavy atom. The Kier molecular flexibility index (Phi) is 7.51. The molecule has 0 aliphatic carbocycles. The van der Waals surface area contributed by atoms with Crippen molar-refractivity contribution in [3.05, 3.63) is 53.2 Å². The second-order valence-corrected chi connectivity index (χ2v) is 10.1. The highest BCUT2D eigenvalue weighted by atomic mass is 16.6. The van der Waals surface area contributed by atoms with Crippen molar-refractivity contribution in [1.29, 1.82) is 0 Å². The van der Waals surface area contributed by atoms with Crippen molar-refractivity contribution < 1.29 is 14.3 Å². The quantitative estimate of drug-likeness (QED) is 0.532. The summed E-state index contributed by atoms with van der Waals surface area (Å²) in [5.41, 5.74) is 2.74. The van der Waals surface area contributed by atoms with E-state index in [0.29, 0.717) is 19.0 Å². The summed E-state index contributed by atoms with van der Waals surface area (Å²) in [4.78, 5) is 18.9. The average Bonchev–Trinajstić information content (AvgIpc) is 2.60. The molecule has 30 heavy (non-hydrogen) atoms. The van der Waals surface area contributed by atoms with Gasteiger partial charge in [0.2, 0.25) is 5.88 Å². The van der Waals surface area contributed by atoms with Crippen LogP contribution in [0.1, 0.15) is 64.7 Å². The fraction of sp³-hybridized carbons (Fsp3) is 0.520. The number of carbonyl (C=O) groups excluding carboxylic acids is 1. The van der Waals surface area contributed by atoms with E-state index in [2.05, 4.69) is 31.8 Å². The molecule has 0 aliphatic rings. The van der Waals surface area contributed by atoms with Crippen molar-refractivity contribution in [2.24, 2.45) is 5.41 Å². The SMILES string of the molecule is Cc1ccc(Oc2ccc(CN(CCC(C)(C)C)C(=O)OC(C)(C)C)cc2C)nc1. The summed E-state index contributed by atoms with van der Waals surface area (Å²) in [6.45, 7) is 17.3. The number of aromatic nitrogens is 1. The summed E-state index contributed by atoms with van der Waals surface area (Å²) in [5, 5.41) is 0. The third kappa shape index (κ3) is 8.05. The highest BCUT2D eigenvalue weighted by Crippen LogP contribution is 2.26. The van der Waals surface area contributed by atoms with Crippen LogP contribution in [-0.4, -0.2) is 28.1 Å². The summed E-state index contributed by atoms with van der Waals surface area (Å²) in [5.74, 6) is 1.32. The van der Waals surface area contributed by atoms with Crippen LogP contribution in [0.5, 0.6) is 11.6 Å². The molecule has 5 nitrogen and oxygen atoms in total. The van der Waals surface area contributed by atoms with Gasteiger partial charge in [-0.1, -0.05) is 39.0 Å². The number of pyridine rings is 1. The predicted octanol–water partition coefficient (Wildman–Crippen LogP) is 6.66. The number of hydrogen-bond donors (Lipinski definition) is 0. The molecule has 1 aromatic heterocycles. The number of aryl methyl sites for hydroxylation is 2. The molecule has 1 amide bonds. The van der Waals surface area contributed by atoms with Gasteiger partial charge in [-0.3, -0.25) is 0 Å². The first-order chi connectivity index (χ1) is 13.8. The van der Waals surface area contributed by atoms with E-state index in [1.165, 1.54) is 0 Å². The lowest BCUT2D eigenvalue weighted by molar-refractivity contribution is 0.0215. The molecular weight excluding hydrogens is 376 g/mol. The fourth-order valence-electron chi connectivity index (χ4n) is 2.80. The summed E-state index contributed by atoms with van der Waals surface area (Å²) in [6.07, 6.45) is 2.40. The minimum absolute atomic E-state index is 0.134. The van der Waals surface area contributed by atoms with Gasteiger partial charge in [0.05, 0.1) is 0 Å². The van der Waals surface area contributed by atoms with Crippen LogP contribution in [0.3, 0.4) is 0 Å². The molecule has 0 bridgehead atoms. The Hall–Kier alpha value is -2.56. The molecule has 0 N–H and O–H groups in total. The normalized spacial score (nSPS) is 11.9. The number of hydrogen-bond acceptors (Lipinski definition) is 4. The highest BCUT2D eigenvalue weighted by molar-refractivity contribution is 5.68. The van der Waals surface area contributed by atoms with Gasteiger partial charge in [0.15, 0.2) is 0 Å². The van der Waals surface area contributed by atoms with Crippen LogP contribution in [0.4, 0.5) is 4.79 Å². The van der Waals surface area contributed by atoms with E-state index in [9.17, 15) is 4.79 Å². The van der Waals surface area contributed by atoms with Crippen LogP contribution >= 0.6 is 0 Å². The van der Waals surface area contributed by atoms with Gasteiger partial charge in [-0.05, 0) is 69.2 Å². The van der Waals surface area contributed by atoms with Crippen LogP contribution in [0, 0.1) is 19.3 Å². The van der Waals surface area contributed by atoms with Gasteiger partial charge in [0, 0.05) is 25.4 Å². The Morgan fingerprint density at radius 1 is 1.03 bits per heavy atom. The molecule has 0 saturated carbocycles. The van der Waals surface area contributed by atoms with Gasteiger partial charge in [-0.15, -0.1) is 0 Å². The average molecular weight is 413 g/mol. The van der Waals surface area contributed by atoms with Crippen molar-refractivity contribution in [1.82, 2.24) is 9.88 Å². The molecule has 0 fully saturated rings. The van der Waals surface area contributed by atoms with E-state index >= 15 is 0 Å². The number of ether oxygens (including phenoxy) is 2. The number of benzene rings is 1. The van der Waals surface area contributed by atoms with Crippen LogP contribution < -0.4 is 4.74 Å². The summed E-state index contributed by atoms with van der Waals surface area (Å²) < 4.78 is 11.5. The van der Waals surface area contributed by atoms with Crippen LogP contribution in [-0.2, 0) is 11.3 Å². The van der Waals surface area contributed by atoms with Gasteiger partial charge in [0.25, 0.3) is 0 Å². The number of carbonyl (C=O) groups is 1. The van der Waals surface area contributed by atoms with Crippen LogP contribution in [0.25, 0.3) is 0 Å². The monoisotopic (exact) mass is 412 g/mol. The number of nitrogens with zero attached hydrogens (tertiary/aromatic N) is 2. The molecule has 0 saturated heterocycles. The first kappa shape index (κ1) is 23.7. The molecule has 0 atom stereocenters. The van der Waals surface area contributed by atoms with E-state index in [1.54, 1.807) is 11.1 Å². The van der Waals surface area contributed by atoms with Gasteiger partial charge >= 0.3 is 6.09 Å². The highest BCUT2D eigenvalue weighted by Gasteiger charge is 2.24. The lowest BCUT2D eigenvalue weighted by atomic mass is 9.92. The standard InChI is InChI=1S/C25H36N2O3/c1-18-9-12-22(26-16-18)29-21-11-10-20(15-19(21)2)17-27(14-13-24(3,4)5)23(28)30-25(6,7)8/h9-12,15-16H,13-14,17H2,1-8H3. The number of rotatable bonds is 6. The second kappa shape index (κ2) is 9.50. The van der Waals surface area contributed by atoms with Gasteiger partial charge < -0.3 is 14.4 Å². The minimum atomic E-state index is -0.522. The van der Waals surface area contributed by atoms with E-state index in [1.807, 2.05) is 58.9 Å². The maximum Gasteiger partial charge on any atom is 0.410 e. The first-order valence-electron chi connectivity index (χ1n) is 10.5. The van der Waals surface area contributed by atoms with Crippen LogP contribution in [0.15, 0.2) is 36.5 Å². The smallest absolute Gasteiger partial charge is 0.410 e. The van der Waals surface area contributed by atoms with E-state index in [4.69, 9.17) is 9.47 Å². The molecular formula is C25H36N2O3. The predicted molar refractivity (Wildman–Crippen MR) is 121 cm³/mol. The molecule has 2 rings (SSSR count). The van der Waals surface area contributed by atoms with Crippen LogP contribution in [0.2, 0.25) is 0 Å². The summed E-state index contributed by atoms with van der Waals surface area (Å²) in [7, 11) is 0. The molecule has 0 unspecified atom stereocenters. The minimum Gasteiger partial charge on any atom is -0.444 e. The Labute approximate surface area is 181 Å². The molecule has 5 heteroatoms. The third-order valence-electron chi connectivity index (χ3n) is 4.49. The zero-order chi connectivity index (χ0) is 22.5. The van der Waals surface area contributed by atoms with Crippen molar-refractivity contribution >= 4 is 6.09 Å². The van der Waals surface area contributed by atoms with Crippen molar-refractivity contribution in [2.45, 2.75) is 74.0 Å². The van der Waals surface area contributed by atoms with Crippen molar-refractivity contribution in [3.8, 4) is 11.6 Å². The molecule has 2 aromatic rings. The Bertz CT molecular complexity index is 846. The maximum absolute atomic E-state index is 12.8. The molecule has 0 spiro atoms. The van der Waals surface area contributed by atoms with E-state index in [-0.39, 0.29) is 11.5 Å². The third-order valence-corrected chi connectivity index (χ3v) is 4.49. The lowest BCUT2D eigenvalue weighted by Gasteiger charge is -2.30. The van der Waals surface area contributed by atoms with Crippen molar-refractivity contribution in [2.75, 3.05) is 6.54 Å². The topological polar surface area (TPSA) is 51.7 Å². The van der Waals surface area contributed by atoms with Gasteiger partial charge in [-0.25, -0.2) is 9.78 Å². The zero-order valence-electron chi connectivity index (χ0n) is 19.7. The summed E-state index contributed by atoms with van der Waals surface area (Å²) >= 11 is 0. The van der Waals surface area contributed by atoms with Gasteiger partial charge in [0.1, 0.15) is 11.4 Å². The van der Waals surface area contributed by atoms with Crippen molar-refractivity contribution in [3.63, 3.8) is 0 Å². The molecule has 1 heterocycles. The Balaban J connectivity index is 2.14. The first-order valence-corrected chi connectivity index (χ1v) is 10.5. The summed E-state index contributed by atoms with van der Waals surface area (Å²) in [6, 6.07) is 9.81. The lowest BCUT2D eigenvalue weighted by Crippen LogP contribution is -2.38. The second-order valence-electron chi connectivity index (χ2n) is 10.1. The zero-order valence-corrected chi connectivity index (χ0v) is 19.7. The largest absolute Gasteiger partial charge is 0.444 e. The number of amides is 1. The molecule has 164 valence electrons. The molecule has 0 aliphatic heterocycles. The van der Waals surface area contributed by atoms with E-state index in [0.717, 1.165) is 28.9 Å².